The molecule has 2 N–H and O–H groups in total. The number of carbonyl (C=O) groups excluding carboxylic acids is 1. The molecule has 1 fully saturated rings. The fourth-order valence-corrected chi connectivity index (χ4v) is 3.65. The highest BCUT2D eigenvalue weighted by Crippen LogP contribution is 2.29. The van der Waals surface area contributed by atoms with Crippen LogP contribution in [0.15, 0.2) is 47.1 Å². The van der Waals surface area contributed by atoms with E-state index in [9.17, 15) is 4.79 Å². The summed E-state index contributed by atoms with van der Waals surface area (Å²) < 4.78 is 18.2. The fourth-order valence-electron chi connectivity index (χ4n) is 3.65. The predicted molar refractivity (Wildman–Crippen MR) is 107 cm³/mol. The van der Waals surface area contributed by atoms with Gasteiger partial charge in [-0.15, -0.1) is 0 Å². The largest absolute Gasteiger partial charge is 0.467 e. The van der Waals surface area contributed by atoms with E-state index < -0.39 is 5.97 Å². The first-order chi connectivity index (χ1) is 14.2. The minimum atomic E-state index is -0.522. The number of benzene rings is 1. The third-order valence-corrected chi connectivity index (χ3v) is 5.11. The zero-order chi connectivity index (χ0) is 19.8. The molecular formula is C21H20N4O4. The molecule has 1 aromatic carbocycles. The van der Waals surface area contributed by atoms with Gasteiger partial charge in [-0.3, -0.25) is 0 Å². The number of nitrogen functional groups attached to an aromatic ring is 1. The fraction of sp³-hybridized carbons (Fsp3) is 0.286. The van der Waals surface area contributed by atoms with E-state index in [-0.39, 0.29) is 24.1 Å². The van der Waals surface area contributed by atoms with Crippen LogP contribution in [0.3, 0.4) is 0 Å². The lowest BCUT2D eigenvalue weighted by molar-refractivity contribution is 0.0163. The van der Waals surface area contributed by atoms with Gasteiger partial charge in [0, 0.05) is 6.61 Å². The first kappa shape index (κ1) is 17.7. The molecule has 5 rings (SSSR count). The van der Waals surface area contributed by atoms with Crippen LogP contribution in [-0.2, 0) is 16.0 Å². The highest BCUT2D eigenvalue weighted by atomic mass is 16.6. The Balaban J connectivity index is 1.60. The number of para-hydroxylation sites is 2. The number of ether oxygens (including phenoxy) is 2. The summed E-state index contributed by atoms with van der Waals surface area (Å²) in [5.41, 5.74) is 8.95. The molecule has 0 aliphatic carbocycles. The van der Waals surface area contributed by atoms with Gasteiger partial charge in [-0.1, -0.05) is 12.1 Å². The maximum Gasteiger partial charge on any atom is 0.344 e. The zero-order valence-corrected chi connectivity index (χ0v) is 15.7. The molecule has 1 aliphatic heterocycles. The highest BCUT2D eigenvalue weighted by Gasteiger charge is 2.27. The van der Waals surface area contributed by atoms with Gasteiger partial charge in [-0.25, -0.2) is 14.8 Å². The van der Waals surface area contributed by atoms with Gasteiger partial charge >= 0.3 is 5.97 Å². The quantitative estimate of drug-likeness (QED) is 0.520. The Morgan fingerprint density at radius 2 is 2.03 bits per heavy atom. The van der Waals surface area contributed by atoms with Gasteiger partial charge in [-0.2, -0.15) is 0 Å². The van der Waals surface area contributed by atoms with Gasteiger partial charge in [0.05, 0.1) is 29.9 Å². The average Bonchev–Trinajstić information content (AvgIpc) is 3.48. The molecule has 3 aromatic heterocycles. The van der Waals surface area contributed by atoms with Crippen molar-refractivity contribution in [2.75, 3.05) is 18.9 Å². The van der Waals surface area contributed by atoms with Crippen molar-refractivity contribution in [1.29, 1.82) is 0 Å². The molecule has 1 aliphatic rings. The van der Waals surface area contributed by atoms with Gasteiger partial charge in [0.2, 0.25) is 0 Å². The van der Waals surface area contributed by atoms with Crippen LogP contribution in [0.4, 0.5) is 5.82 Å². The summed E-state index contributed by atoms with van der Waals surface area (Å²) in [6, 6.07) is 11.1. The number of furan rings is 1. The standard InChI is InChI=1S/C21H20N4O4/c22-19-17(21(26)29-12-14-6-4-10-28-14)18-20(25(19)11-13-5-3-9-27-13)24-16-8-2-1-7-15(16)23-18/h1-3,5,7-9,14H,4,6,10-12,22H2/t14-/m1/s1. The molecule has 4 aromatic rings. The first-order valence-corrected chi connectivity index (χ1v) is 9.56. The number of aromatic nitrogens is 3. The normalized spacial score (nSPS) is 16.6. The Labute approximate surface area is 166 Å². The molecule has 8 heteroatoms. The number of carbonyl (C=O) groups is 1. The Morgan fingerprint density at radius 3 is 2.76 bits per heavy atom. The Bertz CT molecular complexity index is 1180. The monoisotopic (exact) mass is 392 g/mol. The van der Waals surface area contributed by atoms with Crippen LogP contribution in [0.2, 0.25) is 0 Å². The van der Waals surface area contributed by atoms with Crippen molar-refractivity contribution in [3.8, 4) is 0 Å². The smallest absolute Gasteiger partial charge is 0.344 e. The van der Waals surface area contributed by atoms with Gasteiger partial charge < -0.3 is 24.2 Å². The minimum absolute atomic E-state index is 0.0662. The van der Waals surface area contributed by atoms with Crippen molar-refractivity contribution in [3.05, 3.63) is 54.0 Å². The van der Waals surface area contributed by atoms with Crippen LogP contribution >= 0.6 is 0 Å². The molecule has 0 bridgehead atoms. The molecule has 0 spiro atoms. The van der Waals surface area contributed by atoms with Crippen molar-refractivity contribution >= 4 is 34.0 Å². The van der Waals surface area contributed by atoms with E-state index in [1.165, 1.54) is 0 Å². The molecule has 29 heavy (non-hydrogen) atoms. The minimum Gasteiger partial charge on any atom is -0.467 e. The molecule has 0 amide bonds. The lowest BCUT2D eigenvalue weighted by Crippen LogP contribution is -2.18. The lowest BCUT2D eigenvalue weighted by Gasteiger charge is -2.10. The SMILES string of the molecule is Nc1c(C(=O)OC[C@H]2CCCO2)c2nc3ccccc3nc2n1Cc1ccco1. The number of nitrogens with two attached hydrogens (primary N) is 1. The summed E-state index contributed by atoms with van der Waals surface area (Å²) in [6.45, 7) is 1.23. The number of anilines is 1. The van der Waals surface area contributed by atoms with E-state index in [0.717, 1.165) is 18.4 Å². The Morgan fingerprint density at radius 1 is 1.21 bits per heavy atom. The average molecular weight is 392 g/mol. The van der Waals surface area contributed by atoms with Crippen LogP contribution in [-0.4, -0.2) is 39.8 Å². The summed E-state index contributed by atoms with van der Waals surface area (Å²) in [5.74, 6) is 0.428. The summed E-state index contributed by atoms with van der Waals surface area (Å²) in [5, 5.41) is 0. The van der Waals surface area contributed by atoms with E-state index >= 15 is 0 Å². The van der Waals surface area contributed by atoms with Crippen molar-refractivity contribution in [3.63, 3.8) is 0 Å². The van der Waals surface area contributed by atoms with Crippen LogP contribution in [0.25, 0.3) is 22.2 Å². The van der Waals surface area contributed by atoms with Crippen LogP contribution in [0.5, 0.6) is 0 Å². The second-order valence-corrected chi connectivity index (χ2v) is 7.04. The topological polar surface area (TPSA) is 105 Å². The van der Waals surface area contributed by atoms with Gasteiger partial charge in [0.15, 0.2) is 5.65 Å². The number of hydrogen-bond donors (Lipinski definition) is 1. The third kappa shape index (κ3) is 3.21. The van der Waals surface area contributed by atoms with E-state index in [0.29, 0.717) is 35.6 Å². The van der Waals surface area contributed by atoms with Gasteiger partial charge in [-0.05, 0) is 37.1 Å². The van der Waals surface area contributed by atoms with E-state index in [1.807, 2.05) is 30.3 Å². The van der Waals surface area contributed by atoms with Gasteiger partial charge in [0.25, 0.3) is 0 Å². The number of rotatable bonds is 5. The van der Waals surface area contributed by atoms with Crippen LogP contribution in [0.1, 0.15) is 29.0 Å². The summed E-state index contributed by atoms with van der Waals surface area (Å²) in [4.78, 5) is 22.3. The Kier molecular flexibility index (Phi) is 4.40. The van der Waals surface area contributed by atoms with E-state index in [4.69, 9.17) is 24.6 Å². The van der Waals surface area contributed by atoms with E-state index in [2.05, 4.69) is 4.98 Å². The molecular weight excluding hydrogens is 372 g/mol. The number of hydrogen-bond acceptors (Lipinski definition) is 7. The number of nitrogens with zero attached hydrogens (tertiary/aromatic N) is 3. The van der Waals surface area contributed by atoms with Crippen molar-refractivity contribution in [2.24, 2.45) is 0 Å². The molecule has 1 saturated heterocycles. The number of esters is 1. The molecule has 0 radical (unpaired) electrons. The van der Waals surface area contributed by atoms with Gasteiger partial charge in [0.1, 0.15) is 29.3 Å². The van der Waals surface area contributed by atoms with Crippen molar-refractivity contribution in [2.45, 2.75) is 25.5 Å². The summed E-state index contributed by atoms with van der Waals surface area (Å²) in [6.07, 6.45) is 3.39. The van der Waals surface area contributed by atoms with Crippen LogP contribution in [0, 0.1) is 0 Å². The number of fused-ring (bicyclic) bond motifs is 2. The maximum atomic E-state index is 12.9. The predicted octanol–water partition coefficient (Wildman–Crippen LogP) is 3.14. The zero-order valence-electron chi connectivity index (χ0n) is 15.7. The molecule has 0 unspecified atom stereocenters. The lowest BCUT2D eigenvalue weighted by atomic mass is 10.2. The molecule has 8 nitrogen and oxygen atoms in total. The molecule has 0 saturated carbocycles. The van der Waals surface area contributed by atoms with E-state index in [1.54, 1.807) is 16.9 Å². The molecule has 148 valence electrons. The van der Waals surface area contributed by atoms with Crippen molar-refractivity contribution in [1.82, 2.24) is 14.5 Å². The summed E-state index contributed by atoms with van der Waals surface area (Å²) >= 11 is 0. The van der Waals surface area contributed by atoms with Crippen molar-refractivity contribution < 1.29 is 18.7 Å². The second-order valence-electron chi connectivity index (χ2n) is 7.04. The third-order valence-electron chi connectivity index (χ3n) is 5.11. The van der Waals surface area contributed by atoms with Crippen LogP contribution < -0.4 is 5.73 Å². The second kappa shape index (κ2) is 7.21. The highest BCUT2D eigenvalue weighted by molar-refractivity contribution is 6.08. The molecule has 4 heterocycles. The summed E-state index contributed by atoms with van der Waals surface area (Å²) in [7, 11) is 0. The maximum absolute atomic E-state index is 12.9. The first-order valence-electron chi connectivity index (χ1n) is 9.56. The Hall–Kier alpha value is -3.39. The molecule has 1 atom stereocenters.